The van der Waals surface area contributed by atoms with Crippen LogP contribution in [0.3, 0.4) is 0 Å². The Morgan fingerprint density at radius 2 is 1.89 bits per heavy atom. The van der Waals surface area contributed by atoms with Gasteiger partial charge >= 0.3 is 0 Å². The molecule has 0 aliphatic carbocycles. The molecule has 0 fully saturated rings. The number of aliphatic hydroxyl groups is 1. The van der Waals surface area contributed by atoms with Crippen molar-refractivity contribution in [3.63, 3.8) is 0 Å². The van der Waals surface area contributed by atoms with Crippen LogP contribution in [0.1, 0.15) is 25.0 Å². The number of likely N-dealkylation sites (N-methyl/N-ethyl adjacent to an activating group) is 1. The van der Waals surface area contributed by atoms with Crippen LogP contribution in [-0.2, 0) is 4.74 Å². The molecule has 0 heterocycles. The van der Waals surface area contributed by atoms with Crippen molar-refractivity contribution >= 4 is 15.9 Å². The number of benzene rings is 1. The number of rotatable bonds is 7. The average molecular weight is 316 g/mol. The number of aliphatic hydroxyl groups excluding tert-OH is 1. The molecule has 0 radical (unpaired) electrons. The van der Waals surface area contributed by atoms with E-state index >= 15 is 0 Å². The van der Waals surface area contributed by atoms with E-state index in [-0.39, 0.29) is 6.10 Å². The van der Waals surface area contributed by atoms with Crippen LogP contribution in [0, 0.1) is 0 Å². The Hall–Kier alpha value is -0.420. The molecule has 1 N–H and O–H groups in total. The minimum Gasteiger partial charge on any atom is -0.389 e. The van der Waals surface area contributed by atoms with Gasteiger partial charge in [-0.2, -0.15) is 0 Å². The molecule has 0 aromatic heterocycles. The van der Waals surface area contributed by atoms with E-state index in [1.165, 1.54) is 0 Å². The SMILES string of the molecule is CC[C@H](OC[C@@H](O)CN(C)C)c1ccc(Br)cc1. The van der Waals surface area contributed by atoms with E-state index in [2.05, 4.69) is 35.0 Å². The van der Waals surface area contributed by atoms with E-state index in [4.69, 9.17) is 4.74 Å². The van der Waals surface area contributed by atoms with Crippen molar-refractivity contribution in [1.82, 2.24) is 4.90 Å². The third-order valence-corrected chi connectivity index (χ3v) is 3.21. The smallest absolute Gasteiger partial charge is 0.0900 e. The third-order valence-electron chi connectivity index (χ3n) is 2.68. The second-order valence-electron chi connectivity index (χ2n) is 4.70. The maximum Gasteiger partial charge on any atom is 0.0900 e. The van der Waals surface area contributed by atoms with E-state index < -0.39 is 6.10 Å². The first-order valence-electron chi connectivity index (χ1n) is 6.22. The zero-order chi connectivity index (χ0) is 13.5. The normalized spacial score (nSPS) is 14.8. The minimum atomic E-state index is -0.440. The van der Waals surface area contributed by atoms with Gasteiger partial charge in [-0.25, -0.2) is 0 Å². The Balaban J connectivity index is 2.49. The Morgan fingerprint density at radius 3 is 2.39 bits per heavy atom. The van der Waals surface area contributed by atoms with Gasteiger partial charge in [-0.15, -0.1) is 0 Å². The number of halogens is 1. The van der Waals surface area contributed by atoms with E-state index in [0.717, 1.165) is 16.5 Å². The Bertz CT molecular complexity index is 340. The van der Waals surface area contributed by atoms with Crippen LogP contribution < -0.4 is 0 Å². The van der Waals surface area contributed by atoms with Crippen LogP contribution in [0.25, 0.3) is 0 Å². The largest absolute Gasteiger partial charge is 0.389 e. The summed E-state index contributed by atoms with van der Waals surface area (Å²) in [4.78, 5) is 1.95. The van der Waals surface area contributed by atoms with Crippen LogP contribution in [0.15, 0.2) is 28.7 Å². The predicted molar refractivity (Wildman–Crippen MR) is 77.7 cm³/mol. The quantitative estimate of drug-likeness (QED) is 0.840. The molecular weight excluding hydrogens is 294 g/mol. The summed E-state index contributed by atoms with van der Waals surface area (Å²) in [6.07, 6.45) is 0.510. The van der Waals surface area contributed by atoms with Gasteiger partial charge in [0.1, 0.15) is 0 Å². The highest BCUT2D eigenvalue weighted by Gasteiger charge is 2.13. The maximum atomic E-state index is 9.78. The van der Waals surface area contributed by atoms with Gasteiger partial charge in [0.15, 0.2) is 0 Å². The first-order chi connectivity index (χ1) is 8.52. The molecule has 18 heavy (non-hydrogen) atoms. The fraction of sp³-hybridized carbons (Fsp3) is 0.571. The summed E-state index contributed by atoms with van der Waals surface area (Å²) in [5.74, 6) is 0. The van der Waals surface area contributed by atoms with E-state index in [0.29, 0.717) is 13.2 Å². The van der Waals surface area contributed by atoms with Crippen LogP contribution in [0.5, 0.6) is 0 Å². The van der Waals surface area contributed by atoms with Gasteiger partial charge in [-0.1, -0.05) is 35.0 Å². The van der Waals surface area contributed by atoms with Gasteiger partial charge in [0, 0.05) is 11.0 Å². The molecule has 0 saturated heterocycles. The monoisotopic (exact) mass is 315 g/mol. The molecule has 0 spiro atoms. The van der Waals surface area contributed by atoms with Crippen molar-refractivity contribution in [2.45, 2.75) is 25.6 Å². The topological polar surface area (TPSA) is 32.7 Å². The Morgan fingerprint density at radius 1 is 1.28 bits per heavy atom. The molecule has 3 nitrogen and oxygen atoms in total. The Kier molecular flexibility index (Phi) is 6.86. The van der Waals surface area contributed by atoms with Gasteiger partial charge in [-0.05, 0) is 38.2 Å². The molecule has 0 unspecified atom stereocenters. The van der Waals surface area contributed by atoms with E-state index in [1.54, 1.807) is 0 Å². The van der Waals surface area contributed by atoms with Crippen LogP contribution in [0.4, 0.5) is 0 Å². The second-order valence-corrected chi connectivity index (χ2v) is 5.61. The second kappa shape index (κ2) is 7.89. The van der Waals surface area contributed by atoms with Crippen molar-refractivity contribution in [3.05, 3.63) is 34.3 Å². The third kappa shape index (κ3) is 5.48. The molecule has 0 bridgehead atoms. The summed E-state index contributed by atoms with van der Waals surface area (Å²) in [6, 6.07) is 8.13. The molecule has 1 rings (SSSR count). The highest BCUT2D eigenvalue weighted by molar-refractivity contribution is 9.10. The summed E-state index contributed by atoms with van der Waals surface area (Å²) in [5, 5.41) is 9.78. The number of hydrogen-bond acceptors (Lipinski definition) is 3. The predicted octanol–water partition coefficient (Wildman–Crippen LogP) is 2.84. The van der Waals surface area contributed by atoms with Gasteiger partial charge < -0.3 is 14.7 Å². The summed E-state index contributed by atoms with van der Waals surface area (Å²) in [5.41, 5.74) is 1.15. The summed E-state index contributed by atoms with van der Waals surface area (Å²) < 4.78 is 6.85. The first kappa shape index (κ1) is 15.6. The first-order valence-corrected chi connectivity index (χ1v) is 7.02. The lowest BCUT2D eigenvalue weighted by Gasteiger charge is -2.21. The molecule has 0 saturated carbocycles. The van der Waals surface area contributed by atoms with Crippen LogP contribution in [-0.4, -0.2) is 43.4 Å². The van der Waals surface area contributed by atoms with Gasteiger partial charge in [0.2, 0.25) is 0 Å². The fourth-order valence-corrected chi connectivity index (χ4v) is 2.09. The van der Waals surface area contributed by atoms with E-state index in [9.17, 15) is 5.11 Å². The minimum absolute atomic E-state index is 0.0508. The average Bonchev–Trinajstić information content (AvgIpc) is 2.31. The standard InChI is InChI=1S/C14H22BrNO2/c1-4-14(11-5-7-12(15)8-6-11)18-10-13(17)9-16(2)3/h5-8,13-14,17H,4,9-10H2,1-3H3/t13-,14-/m0/s1. The molecule has 102 valence electrons. The highest BCUT2D eigenvalue weighted by Crippen LogP contribution is 2.23. The zero-order valence-electron chi connectivity index (χ0n) is 11.3. The summed E-state index contributed by atoms with van der Waals surface area (Å²) >= 11 is 3.42. The fourth-order valence-electron chi connectivity index (χ4n) is 1.83. The lowest BCUT2D eigenvalue weighted by atomic mass is 10.1. The molecule has 0 aliphatic rings. The molecule has 0 aliphatic heterocycles. The van der Waals surface area contributed by atoms with Gasteiger partial charge in [-0.3, -0.25) is 0 Å². The van der Waals surface area contributed by atoms with Crippen molar-refractivity contribution in [3.8, 4) is 0 Å². The molecular formula is C14H22BrNO2. The van der Waals surface area contributed by atoms with Crippen LogP contribution >= 0.6 is 15.9 Å². The molecule has 2 atom stereocenters. The summed E-state index contributed by atoms with van der Waals surface area (Å²) in [6.45, 7) is 3.08. The van der Waals surface area contributed by atoms with Gasteiger partial charge in [0.05, 0.1) is 18.8 Å². The molecule has 4 heteroatoms. The van der Waals surface area contributed by atoms with Crippen molar-refractivity contribution < 1.29 is 9.84 Å². The molecule has 0 amide bonds. The highest BCUT2D eigenvalue weighted by atomic mass is 79.9. The molecule has 1 aromatic carbocycles. The van der Waals surface area contributed by atoms with E-state index in [1.807, 2.05) is 31.1 Å². The van der Waals surface area contributed by atoms with Crippen molar-refractivity contribution in [1.29, 1.82) is 0 Å². The van der Waals surface area contributed by atoms with Crippen molar-refractivity contribution in [2.24, 2.45) is 0 Å². The molecule has 1 aromatic rings. The van der Waals surface area contributed by atoms with Crippen molar-refractivity contribution in [2.75, 3.05) is 27.2 Å². The summed E-state index contributed by atoms with van der Waals surface area (Å²) in [7, 11) is 3.88. The zero-order valence-corrected chi connectivity index (χ0v) is 12.9. The number of nitrogens with zero attached hydrogens (tertiary/aromatic N) is 1. The number of hydrogen-bond donors (Lipinski definition) is 1. The van der Waals surface area contributed by atoms with Crippen LogP contribution in [0.2, 0.25) is 0 Å². The Labute approximate surface area is 118 Å². The lowest BCUT2D eigenvalue weighted by Crippen LogP contribution is -2.30. The lowest BCUT2D eigenvalue weighted by molar-refractivity contribution is -0.0193. The number of ether oxygens (including phenoxy) is 1. The van der Waals surface area contributed by atoms with Gasteiger partial charge in [0.25, 0.3) is 0 Å². The maximum absolute atomic E-state index is 9.78.